The molecule has 21 heavy (non-hydrogen) atoms. The first kappa shape index (κ1) is 17.4. The Kier molecular flexibility index (Phi) is 6.15. The summed E-state index contributed by atoms with van der Waals surface area (Å²) in [4.78, 5) is 23.1. The lowest BCUT2D eigenvalue weighted by Gasteiger charge is -2.31. The molecular formula is C15H19ClFNO3. The Bertz CT molecular complexity index is 509. The highest BCUT2D eigenvalue weighted by atomic mass is 35.5. The zero-order valence-electron chi connectivity index (χ0n) is 12.1. The SMILES string of the molecule is CCC(CC)(CC(=O)O)NC(=O)Cc1c(F)cccc1Cl. The van der Waals surface area contributed by atoms with E-state index in [4.69, 9.17) is 16.7 Å². The molecule has 0 radical (unpaired) electrons. The Balaban J connectivity index is 2.86. The first-order valence-corrected chi connectivity index (χ1v) is 7.17. The quantitative estimate of drug-likeness (QED) is 0.812. The first-order valence-electron chi connectivity index (χ1n) is 6.79. The van der Waals surface area contributed by atoms with E-state index in [1.165, 1.54) is 18.2 Å². The summed E-state index contributed by atoms with van der Waals surface area (Å²) in [7, 11) is 0. The lowest BCUT2D eigenvalue weighted by atomic mass is 9.88. The third kappa shape index (κ3) is 4.70. The topological polar surface area (TPSA) is 66.4 Å². The normalized spacial score (nSPS) is 11.2. The zero-order valence-corrected chi connectivity index (χ0v) is 12.8. The third-order valence-corrected chi connectivity index (χ3v) is 4.00. The van der Waals surface area contributed by atoms with Crippen LogP contribution in [0.1, 0.15) is 38.7 Å². The van der Waals surface area contributed by atoms with Crippen molar-refractivity contribution >= 4 is 23.5 Å². The molecule has 0 saturated heterocycles. The number of hydrogen-bond donors (Lipinski definition) is 2. The lowest BCUT2D eigenvalue weighted by Crippen LogP contribution is -2.49. The molecule has 0 bridgehead atoms. The van der Waals surface area contributed by atoms with Crippen LogP contribution in [0, 0.1) is 5.82 Å². The number of nitrogens with one attached hydrogen (secondary N) is 1. The largest absolute Gasteiger partial charge is 0.481 e. The van der Waals surface area contributed by atoms with Crippen molar-refractivity contribution in [2.24, 2.45) is 0 Å². The summed E-state index contributed by atoms with van der Waals surface area (Å²) in [5.74, 6) is -1.97. The van der Waals surface area contributed by atoms with Gasteiger partial charge in [-0.1, -0.05) is 31.5 Å². The highest BCUT2D eigenvalue weighted by molar-refractivity contribution is 6.31. The second-order valence-electron chi connectivity index (χ2n) is 4.98. The summed E-state index contributed by atoms with van der Waals surface area (Å²) in [6, 6.07) is 4.21. The minimum Gasteiger partial charge on any atom is -0.481 e. The summed E-state index contributed by atoms with van der Waals surface area (Å²) < 4.78 is 13.7. The zero-order chi connectivity index (χ0) is 16.0. The van der Waals surface area contributed by atoms with Crippen molar-refractivity contribution in [3.63, 3.8) is 0 Å². The molecule has 1 aromatic rings. The maximum absolute atomic E-state index is 13.7. The highest BCUT2D eigenvalue weighted by Gasteiger charge is 2.31. The molecule has 1 aromatic carbocycles. The molecule has 0 aromatic heterocycles. The molecule has 1 amide bonds. The van der Waals surface area contributed by atoms with E-state index in [2.05, 4.69) is 5.32 Å². The van der Waals surface area contributed by atoms with E-state index in [0.29, 0.717) is 12.8 Å². The van der Waals surface area contributed by atoms with Gasteiger partial charge in [0.15, 0.2) is 0 Å². The van der Waals surface area contributed by atoms with E-state index in [0.717, 1.165) is 0 Å². The number of amides is 1. The highest BCUT2D eigenvalue weighted by Crippen LogP contribution is 2.22. The average molecular weight is 316 g/mol. The van der Waals surface area contributed by atoms with Crippen LogP contribution in [0.25, 0.3) is 0 Å². The van der Waals surface area contributed by atoms with E-state index >= 15 is 0 Å². The van der Waals surface area contributed by atoms with Crippen molar-refractivity contribution in [2.45, 2.75) is 45.1 Å². The Labute approximate surface area is 128 Å². The molecule has 0 spiro atoms. The van der Waals surface area contributed by atoms with Gasteiger partial charge >= 0.3 is 5.97 Å². The van der Waals surface area contributed by atoms with Crippen molar-refractivity contribution in [3.8, 4) is 0 Å². The van der Waals surface area contributed by atoms with Gasteiger partial charge in [0.25, 0.3) is 0 Å². The molecule has 1 rings (SSSR count). The van der Waals surface area contributed by atoms with Gasteiger partial charge in [0.1, 0.15) is 5.82 Å². The first-order chi connectivity index (χ1) is 9.83. The Hall–Kier alpha value is -1.62. The molecular weight excluding hydrogens is 297 g/mol. The summed E-state index contributed by atoms with van der Waals surface area (Å²) in [6.07, 6.45) is 0.572. The summed E-state index contributed by atoms with van der Waals surface area (Å²) >= 11 is 5.88. The van der Waals surface area contributed by atoms with Gasteiger partial charge in [-0.2, -0.15) is 0 Å². The fourth-order valence-electron chi connectivity index (χ4n) is 2.21. The molecule has 6 heteroatoms. The number of carboxylic acids is 1. The molecule has 116 valence electrons. The fourth-order valence-corrected chi connectivity index (χ4v) is 2.44. The number of hydrogen-bond acceptors (Lipinski definition) is 2. The predicted octanol–water partition coefficient (Wildman–Crippen LogP) is 3.17. The fraction of sp³-hybridized carbons (Fsp3) is 0.467. The van der Waals surface area contributed by atoms with E-state index in [9.17, 15) is 14.0 Å². The summed E-state index contributed by atoms with van der Waals surface area (Å²) in [6.45, 7) is 3.62. The van der Waals surface area contributed by atoms with Crippen LogP contribution in [0.3, 0.4) is 0 Å². The van der Waals surface area contributed by atoms with Gasteiger partial charge in [-0.25, -0.2) is 4.39 Å². The molecule has 0 unspecified atom stereocenters. The van der Waals surface area contributed by atoms with Crippen LogP contribution in [0.15, 0.2) is 18.2 Å². The molecule has 4 nitrogen and oxygen atoms in total. The summed E-state index contributed by atoms with van der Waals surface area (Å²) in [5.41, 5.74) is -0.700. The third-order valence-electron chi connectivity index (χ3n) is 3.65. The number of carbonyl (C=O) groups is 2. The molecule has 0 saturated carbocycles. The van der Waals surface area contributed by atoms with Gasteiger partial charge < -0.3 is 10.4 Å². The van der Waals surface area contributed by atoms with Crippen molar-refractivity contribution < 1.29 is 19.1 Å². The van der Waals surface area contributed by atoms with Gasteiger partial charge in [0.05, 0.1) is 12.8 Å². The lowest BCUT2D eigenvalue weighted by molar-refractivity contribution is -0.139. The molecule has 0 aliphatic carbocycles. The standard InChI is InChI=1S/C15H19ClFNO3/c1-3-15(4-2,9-14(20)21)18-13(19)8-10-11(16)6-5-7-12(10)17/h5-7H,3-4,8-9H2,1-2H3,(H,18,19)(H,20,21). The number of aliphatic carboxylic acids is 1. The number of benzene rings is 1. The number of halogens is 2. The molecule has 0 aliphatic heterocycles. The van der Waals surface area contributed by atoms with Gasteiger partial charge in [-0.3, -0.25) is 9.59 Å². The van der Waals surface area contributed by atoms with E-state index in [1.807, 2.05) is 13.8 Å². The number of carbonyl (C=O) groups excluding carboxylic acids is 1. The number of carboxylic acid groups (broad SMARTS) is 1. The van der Waals surface area contributed by atoms with Crippen LogP contribution in [0.4, 0.5) is 4.39 Å². The predicted molar refractivity (Wildman–Crippen MR) is 78.8 cm³/mol. The average Bonchev–Trinajstić information content (AvgIpc) is 2.41. The molecule has 0 heterocycles. The van der Waals surface area contributed by atoms with Crippen molar-refractivity contribution in [1.82, 2.24) is 5.32 Å². The van der Waals surface area contributed by atoms with Crippen molar-refractivity contribution in [3.05, 3.63) is 34.6 Å². The Morgan fingerprint density at radius 1 is 1.33 bits per heavy atom. The van der Waals surface area contributed by atoms with Gasteiger partial charge in [-0.05, 0) is 25.0 Å². The van der Waals surface area contributed by atoms with Gasteiger partial charge in [0, 0.05) is 16.1 Å². The van der Waals surface area contributed by atoms with Crippen LogP contribution in [-0.4, -0.2) is 22.5 Å². The second-order valence-corrected chi connectivity index (χ2v) is 5.39. The Morgan fingerprint density at radius 2 is 1.95 bits per heavy atom. The maximum atomic E-state index is 13.7. The van der Waals surface area contributed by atoms with Crippen molar-refractivity contribution in [1.29, 1.82) is 0 Å². The summed E-state index contributed by atoms with van der Waals surface area (Å²) in [5, 5.41) is 11.9. The van der Waals surface area contributed by atoms with E-state index in [-0.39, 0.29) is 23.4 Å². The Morgan fingerprint density at radius 3 is 2.43 bits per heavy atom. The van der Waals surface area contributed by atoms with Gasteiger partial charge in [-0.15, -0.1) is 0 Å². The second kappa shape index (κ2) is 7.41. The molecule has 2 N–H and O–H groups in total. The van der Waals surface area contributed by atoms with Crippen LogP contribution in [0.2, 0.25) is 5.02 Å². The van der Waals surface area contributed by atoms with E-state index < -0.39 is 23.2 Å². The minimum absolute atomic E-state index is 0.119. The van der Waals surface area contributed by atoms with Crippen LogP contribution >= 0.6 is 11.6 Å². The van der Waals surface area contributed by atoms with Gasteiger partial charge in [0.2, 0.25) is 5.91 Å². The monoisotopic (exact) mass is 315 g/mol. The van der Waals surface area contributed by atoms with Crippen LogP contribution < -0.4 is 5.32 Å². The molecule has 0 aliphatic rings. The number of rotatable bonds is 7. The minimum atomic E-state index is -0.983. The van der Waals surface area contributed by atoms with E-state index in [1.54, 1.807) is 0 Å². The maximum Gasteiger partial charge on any atom is 0.305 e. The molecule has 0 atom stereocenters. The molecule has 0 fully saturated rings. The smallest absolute Gasteiger partial charge is 0.305 e. The van der Waals surface area contributed by atoms with Crippen LogP contribution in [-0.2, 0) is 16.0 Å². The van der Waals surface area contributed by atoms with Crippen LogP contribution in [0.5, 0.6) is 0 Å². The van der Waals surface area contributed by atoms with Crippen molar-refractivity contribution in [2.75, 3.05) is 0 Å².